The molecule has 228 valence electrons. The van der Waals surface area contributed by atoms with Crippen LogP contribution in [0.25, 0.3) is 0 Å². The molecule has 0 saturated carbocycles. The van der Waals surface area contributed by atoms with Crippen molar-refractivity contribution >= 4 is 23.4 Å². The second kappa shape index (κ2) is 12.6. The van der Waals surface area contributed by atoms with E-state index in [9.17, 15) is 19.5 Å². The molecule has 0 radical (unpaired) electrons. The molecule has 3 amide bonds. The summed E-state index contributed by atoms with van der Waals surface area (Å²) in [6.45, 7) is 8.36. The Morgan fingerprint density at radius 2 is 1.62 bits per heavy atom. The van der Waals surface area contributed by atoms with Crippen molar-refractivity contribution in [2.45, 2.75) is 76.5 Å². The predicted molar refractivity (Wildman–Crippen MR) is 160 cm³/mol. The standard InChI is InChI=1S/C33H45N3O6/c1-4-6-8-19-34-20-12-18-33-27(30(39)36(28(33)31(34)40)21-9-7-10-23-37)26-29(38)35(22-11-17-32(26,3)42-33)24-13-15-25(16-14-24)41-5-2/h11-18,26-28,37H,4-10,19-23H2,1-3H3/t26-,27-,28?,32+,33-/m0/s1. The molecule has 5 atom stereocenters. The first-order chi connectivity index (χ1) is 20.3. The van der Waals surface area contributed by atoms with E-state index in [-0.39, 0.29) is 24.3 Å². The number of carbonyl (C=O) groups excluding carboxylic acids is 3. The van der Waals surface area contributed by atoms with Gasteiger partial charge in [-0.15, -0.1) is 0 Å². The smallest absolute Gasteiger partial charge is 0.249 e. The monoisotopic (exact) mass is 579 g/mol. The summed E-state index contributed by atoms with van der Waals surface area (Å²) in [5.74, 6) is -1.42. The highest BCUT2D eigenvalue weighted by Gasteiger charge is 2.74. The van der Waals surface area contributed by atoms with Crippen molar-refractivity contribution in [1.29, 1.82) is 0 Å². The average molecular weight is 580 g/mol. The van der Waals surface area contributed by atoms with Crippen LogP contribution in [-0.4, -0.2) is 89.3 Å². The van der Waals surface area contributed by atoms with Crippen molar-refractivity contribution in [2.24, 2.45) is 11.8 Å². The van der Waals surface area contributed by atoms with Crippen LogP contribution in [0.4, 0.5) is 5.69 Å². The molecule has 0 aliphatic carbocycles. The largest absolute Gasteiger partial charge is 0.494 e. The lowest BCUT2D eigenvalue weighted by Gasteiger charge is -2.37. The van der Waals surface area contributed by atoms with Gasteiger partial charge in [-0.1, -0.05) is 44.1 Å². The molecule has 4 aliphatic rings. The van der Waals surface area contributed by atoms with E-state index >= 15 is 0 Å². The summed E-state index contributed by atoms with van der Waals surface area (Å²) in [6.07, 6.45) is 12.7. The first kappa shape index (κ1) is 30.3. The number of unbranched alkanes of at least 4 members (excludes halogenated alkanes) is 4. The van der Waals surface area contributed by atoms with E-state index in [2.05, 4.69) is 6.92 Å². The Morgan fingerprint density at radius 1 is 0.881 bits per heavy atom. The summed E-state index contributed by atoms with van der Waals surface area (Å²) < 4.78 is 12.5. The van der Waals surface area contributed by atoms with Gasteiger partial charge in [0.1, 0.15) is 17.4 Å². The van der Waals surface area contributed by atoms with Crippen molar-refractivity contribution in [3.05, 3.63) is 48.6 Å². The van der Waals surface area contributed by atoms with Crippen LogP contribution in [0, 0.1) is 11.8 Å². The third kappa shape index (κ3) is 5.26. The summed E-state index contributed by atoms with van der Waals surface area (Å²) in [6, 6.07) is 6.57. The van der Waals surface area contributed by atoms with Crippen LogP contribution < -0.4 is 9.64 Å². The number of nitrogens with zero attached hydrogens (tertiary/aromatic N) is 3. The number of aliphatic hydroxyl groups is 1. The average Bonchev–Trinajstić information content (AvgIpc) is 3.24. The van der Waals surface area contributed by atoms with Crippen molar-refractivity contribution < 1.29 is 29.0 Å². The summed E-state index contributed by atoms with van der Waals surface area (Å²) >= 11 is 0. The van der Waals surface area contributed by atoms with Crippen LogP contribution in [0.5, 0.6) is 5.75 Å². The molecule has 2 saturated heterocycles. The van der Waals surface area contributed by atoms with Crippen molar-refractivity contribution in [3.8, 4) is 5.75 Å². The van der Waals surface area contributed by atoms with Gasteiger partial charge in [0.25, 0.3) is 0 Å². The molecule has 2 fully saturated rings. The number of amides is 3. The molecule has 1 aromatic rings. The normalized spacial score (nSPS) is 30.3. The number of carbonyl (C=O) groups is 3. The number of hydrogen-bond acceptors (Lipinski definition) is 6. The maximum absolute atomic E-state index is 14.5. The van der Waals surface area contributed by atoms with Crippen LogP contribution >= 0.6 is 0 Å². The predicted octanol–water partition coefficient (Wildman–Crippen LogP) is 3.71. The van der Waals surface area contributed by atoms with E-state index < -0.39 is 29.1 Å². The summed E-state index contributed by atoms with van der Waals surface area (Å²) in [5.41, 5.74) is -1.58. The fourth-order valence-corrected chi connectivity index (χ4v) is 7.25. The van der Waals surface area contributed by atoms with Gasteiger partial charge in [-0.3, -0.25) is 14.4 Å². The zero-order valence-electron chi connectivity index (χ0n) is 25.2. The molecular formula is C33H45N3O6. The lowest BCUT2D eigenvalue weighted by molar-refractivity contribution is -0.151. The quantitative estimate of drug-likeness (QED) is 0.300. The Bertz CT molecular complexity index is 1210. The Hall–Kier alpha value is -3.17. The number of rotatable bonds is 12. The van der Waals surface area contributed by atoms with E-state index in [1.807, 2.05) is 67.3 Å². The van der Waals surface area contributed by atoms with Crippen LogP contribution in [0.1, 0.15) is 59.3 Å². The van der Waals surface area contributed by atoms with Crippen molar-refractivity contribution in [3.63, 3.8) is 0 Å². The molecule has 4 heterocycles. The number of benzene rings is 1. The Labute approximate surface area is 249 Å². The molecule has 9 nitrogen and oxygen atoms in total. The molecular weight excluding hydrogens is 534 g/mol. The molecule has 9 heteroatoms. The highest BCUT2D eigenvalue weighted by molar-refractivity contribution is 6.04. The van der Waals surface area contributed by atoms with Crippen LogP contribution in [0.3, 0.4) is 0 Å². The number of hydrogen-bond donors (Lipinski definition) is 1. The van der Waals surface area contributed by atoms with Crippen molar-refractivity contribution in [2.75, 3.05) is 44.3 Å². The Balaban J connectivity index is 1.52. The van der Waals surface area contributed by atoms with Gasteiger partial charge in [-0.25, -0.2) is 0 Å². The third-order valence-corrected chi connectivity index (χ3v) is 9.19. The van der Waals surface area contributed by atoms with Crippen LogP contribution in [0.2, 0.25) is 0 Å². The molecule has 0 bridgehead atoms. The summed E-state index contributed by atoms with van der Waals surface area (Å²) in [5, 5.41) is 9.29. The molecule has 4 aliphatic heterocycles. The number of fused-ring (bicyclic) bond motifs is 2. The van der Waals surface area contributed by atoms with Gasteiger partial charge in [-0.2, -0.15) is 0 Å². The minimum absolute atomic E-state index is 0.0859. The van der Waals surface area contributed by atoms with Gasteiger partial charge in [0.05, 0.1) is 24.0 Å². The molecule has 5 rings (SSSR count). The van der Waals surface area contributed by atoms with E-state index in [1.54, 1.807) is 9.80 Å². The Morgan fingerprint density at radius 3 is 2.33 bits per heavy atom. The minimum atomic E-state index is -1.24. The zero-order valence-corrected chi connectivity index (χ0v) is 25.2. The molecule has 1 N–H and O–H groups in total. The third-order valence-electron chi connectivity index (χ3n) is 9.19. The van der Waals surface area contributed by atoms with Crippen LogP contribution in [-0.2, 0) is 19.1 Å². The highest BCUT2D eigenvalue weighted by atomic mass is 16.5. The second-order valence-electron chi connectivity index (χ2n) is 12.0. The minimum Gasteiger partial charge on any atom is -0.494 e. The first-order valence-electron chi connectivity index (χ1n) is 15.6. The van der Waals surface area contributed by atoms with Gasteiger partial charge in [0.2, 0.25) is 17.7 Å². The summed E-state index contributed by atoms with van der Waals surface area (Å²) in [7, 11) is 0. The molecule has 1 spiro atoms. The number of aliphatic hydroxyl groups excluding tert-OH is 1. The molecule has 1 aromatic carbocycles. The lowest BCUT2D eigenvalue weighted by atomic mass is 9.74. The molecule has 42 heavy (non-hydrogen) atoms. The fraction of sp³-hybridized carbons (Fsp3) is 0.606. The van der Waals surface area contributed by atoms with Gasteiger partial charge < -0.3 is 29.3 Å². The van der Waals surface area contributed by atoms with Crippen molar-refractivity contribution in [1.82, 2.24) is 9.80 Å². The number of likely N-dealkylation sites (tertiary alicyclic amines) is 1. The Kier molecular flexibility index (Phi) is 9.08. The van der Waals surface area contributed by atoms with E-state index in [4.69, 9.17) is 9.47 Å². The van der Waals surface area contributed by atoms with Gasteiger partial charge in [-0.05, 0) is 63.8 Å². The van der Waals surface area contributed by atoms with Gasteiger partial charge >= 0.3 is 0 Å². The highest BCUT2D eigenvalue weighted by Crippen LogP contribution is 2.57. The topological polar surface area (TPSA) is 99.6 Å². The van der Waals surface area contributed by atoms with Gasteiger partial charge in [0, 0.05) is 38.5 Å². The molecule has 1 unspecified atom stereocenters. The van der Waals surface area contributed by atoms with E-state index in [0.29, 0.717) is 45.6 Å². The summed E-state index contributed by atoms with van der Waals surface area (Å²) in [4.78, 5) is 48.4. The van der Waals surface area contributed by atoms with E-state index in [1.165, 1.54) is 0 Å². The second-order valence-corrected chi connectivity index (χ2v) is 12.0. The SMILES string of the molecule is CCCCCN1CC=C[C@]23O[C@]4(C)C=CCN(c5ccc(OCC)cc5)C(=O)[C@@H]4[C@H]2C(=O)N(CCCCCO)C3C1=O. The molecule has 0 aromatic heterocycles. The zero-order chi connectivity index (χ0) is 29.9. The number of ether oxygens (including phenoxy) is 2. The van der Waals surface area contributed by atoms with Gasteiger partial charge in [0.15, 0.2) is 0 Å². The first-order valence-corrected chi connectivity index (χ1v) is 15.6. The maximum atomic E-state index is 14.5. The lowest BCUT2D eigenvalue weighted by Crippen LogP contribution is -2.56. The number of anilines is 1. The van der Waals surface area contributed by atoms with Crippen LogP contribution in [0.15, 0.2) is 48.6 Å². The maximum Gasteiger partial charge on any atom is 0.249 e. The fourth-order valence-electron chi connectivity index (χ4n) is 7.25. The van der Waals surface area contributed by atoms with E-state index in [0.717, 1.165) is 37.1 Å².